The number of amides is 1. The summed E-state index contributed by atoms with van der Waals surface area (Å²) in [6, 6.07) is 10.9. The minimum Gasteiger partial charge on any atom is -0.319 e. The maximum atomic E-state index is 13.1. The Kier molecular flexibility index (Phi) is 6.18. The van der Waals surface area contributed by atoms with Gasteiger partial charge in [0.05, 0.1) is 21.3 Å². The summed E-state index contributed by atoms with van der Waals surface area (Å²) < 4.78 is 0.975. The van der Waals surface area contributed by atoms with E-state index in [1.165, 1.54) is 11.3 Å². The molecule has 8 nitrogen and oxygen atoms in total. The van der Waals surface area contributed by atoms with E-state index in [2.05, 4.69) is 30.8 Å². The largest absolute Gasteiger partial charge is 0.319 e. The van der Waals surface area contributed by atoms with Crippen LogP contribution < -0.4 is 16.3 Å². The smallest absolute Gasteiger partial charge is 0.274 e. The summed E-state index contributed by atoms with van der Waals surface area (Å²) in [5.41, 5.74) is 5.48. The van der Waals surface area contributed by atoms with E-state index in [0.717, 1.165) is 15.8 Å². The Morgan fingerprint density at radius 2 is 1.91 bits per heavy atom. The Bertz CT molecular complexity index is 1450. The van der Waals surface area contributed by atoms with Gasteiger partial charge in [0.25, 0.3) is 11.5 Å². The van der Waals surface area contributed by atoms with Crippen molar-refractivity contribution in [3.8, 4) is 0 Å². The molecule has 4 aromatic rings. The maximum absolute atomic E-state index is 13.1. The highest BCUT2D eigenvalue weighted by Crippen LogP contribution is 2.26. The van der Waals surface area contributed by atoms with E-state index in [9.17, 15) is 9.59 Å². The number of anilines is 1. The second-order valence-electron chi connectivity index (χ2n) is 8.72. The van der Waals surface area contributed by atoms with Crippen LogP contribution in [-0.2, 0) is 11.2 Å². The number of fused-ring (bicyclic) bond motifs is 2. The molecule has 0 aliphatic carbocycles. The second-order valence-corrected chi connectivity index (χ2v) is 10.2. The van der Waals surface area contributed by atoms with Gasteiger partial charge in [0, 0.05) is 17.0 Å². The molecule has 0 unspecified atom stereocenters. The molecule has 0 aliphatic rings. The molecule has 2 aromatic carbocycles. The number of aryl methyl sites for hydroxylation is 1. The molecule has 0 atom stereocenters. The van der Waals surface area contributed by atoms with Gasteiger partial charge in [-0.2, -0.15) is 5.10 Å². The van der Waals surface area contributed by atoms with Crippen molar-refractivity contribution in [1.29, 1.82) is 0 Å². The number of carbonyl (C=O) groups excluding carboxylic acids is 1. The highest BCUT2D eigenvalue weighted by atomic mass is 35.5. The first-order chi connectivity index (χ1) is 15.6. The van der Waals surface area contributed by atoms with E-state index in [1.54, 1.807) is 18.2 Å². The second kappa shape index (κ2) is 8.92. The van der Waals surface area contributed by atoms with Crippen LogP contribution in [0.5, 0.6) is 0 Å². The number of nitrogens with one attached hydrogen (secondary N) is 3. The standard InChI is InChI=1S/C23H23ClN6O2S/c1-12-5-7-15-19(9-12)33-22(27-15)28-21(32)18(29-30-23(2,3)4)11-17-20(31)26-16-10-13(24)6-8-14(16)25-17/h5-10,30H,11H2,1-4H3,(H,26,31)(H,27,28,32)/b29-18-. The predicted octanol–water partition coefficient (Wildman–Crippen LogP) is 4.42. The minimum atomic E-state index is -0.458. The third kappa shape index (κ3) is 5.55. The van der Waals surface area contributed by atoms with Crippen LogP contribution in [0.1, 0.15) is 32.0 Å². The third-order valence-corrected chi connectivity index (χ3v) is 5.78. The number of aromatic nitrogens is 3. The zero-order valence-electron chi connectivity index (χ0n) is 18.6. The number of nitrogens with zero attached hydrogens (tertiary/aromatic N) is 3. The zero-order chi connectivity index (χ0) is 23.8. The van der Waals surface area contributed by atoms with Gasteiger partial charge in [-0.25, -0.2) is 9.97 Å². The van der Waals surface area contributed by atoms with Gasteiger partial charge in [0.15, 0.2) is 5.13 Å². The fourth-order valence-corrected chi connectivity index (χ4v) is 4.17. The molecule has 0 aliphatic heterocycles. The highest BCUT2D eigenvalue weighted by Gasteiger charge is 2.20. The molecule has 1 amide bonds. The first kappa shape index (κ1) is 22.9. The number of rotatable bonds is 5. The summed E-state index contributed by atoms with van der Waals surface area (Å²) in [5.74, 6) is -0.458. The number of hydrazone groups is 1. The Balaban J connectivity index is 1.65. The molecule has 0 bridgehead atoms. The molecule has 0 saturated heterocycles. The van der Waals surface area contributed by atoms with Crippen molar-refractivity contribution in [2.24, 2.45) is 5.10 Å². The fraction of sp³-hybridized carbons (Fsp3) is 0.261. The van der Waals surface area contributed by atoms with Crippen LogP contribution in [0, 0.1) is 6.92 Å². The molecular weight excluding hydrogens is 460 g/mol. The van der Waals surface area contributed by atoms with Crippen LogP contribution in [0.25, 0.3) is 21.3 Å². The first-order valence-electron chi connectivity index (χ1n) is 10.3. The highest BCUT2D eigenvalue weighted by molar-refractivity contribution is 7.22. The molecule has 0 fully saturated rings. The van der Waals surface area contributed by atoms with Crippen molar-refractivity contribution in [2.45, 2.75) is 39.7 Å². The molecule has 3 N–H and O–H groups in total. The van der Waals surface area contributed by atoms with E-state index < -0.39 is 11.5 Å². The normalized spacial score (nSPS) is 12.3. The zero-order valence-corrected chi connectivity index (χ0v) is 20.2. The van der Waals surface area contributed by atoms with E-state index in [4.69, 9.17) is 11.6 Å². The summed E-state index contributed by atoms with van der Waals surface area (Å²) in [5, 5.41) is 8.07. The lowest BCUT2D eigenvalue weighted by molar-refractivity contribution is -0.110. The molecule has 0 saturated carbocycles. The molecule has 10 heteroatoms. The molecule has 0 radical (unpaired) electrons. The summed E-state index contributed by atoms with van der Waals surface area (Å²) >= 11 is 7.38. The summed E-state index contributed by atoms with van der Waals surface area (Å²) in [6.45, 7) is 7.77. The van der Waals surface area contributed by atoms with Gasteiger partial charge < -0.3 is 10.4 Å². The number of aromatic amines is 1. The van der Waals surface area contributed by atoms with Crippen LogP contribution in [0.2, 0.25) is 5.02 Å². The first-order valence-corrected chi connectivity index (χ1v) is 11.5. The van der Waals surface area contributed by atoms with Gasteiger partial charge in [-0.1, -0.05) is 29.0 Å². The van der Waals surface area contributed by atoms with Gasteiger partial charge in [-0.3, -0.25) is 14.9 Å². The minimum absolute atomic E-state index is 0.0627. The quantitative estimate of drug-likeness (QED) is 0.288. The third-order valence-electron chi connectivity index (χ3n) is 4.61. The Morgan fingerprint density at radius 3 is 2.67 bits per heavy atom. The van der Waals surface area contributed by atoms with E-state index >= 15 is 0 Å². The van der Waals surface area contributed by atoms with Gasteiger partial charge in [-0.15, -0.1) is 0 Å². The van der Waals surface area contributed by atoms with Gasteiger partial charge in [0.1, 0.15) is 11.4 Å². The lowest BCUT2D eigenvalue weighted by Crippen LogP contribution is -2.36. The van der Waals surface area contributed by atoms with Crippen molar-refractivity contribution in [3.05, 3.63) is 63.0 Å². The number of carbonyl (C=O) groups is 1. The van der Waals surface area contributed by atoms with Crippen molar-refractivity contribution < 1.29 is 4.79 Å². The number of halogens is 1. The van der Waals surface area contributed by atoms with Gasteiger partial charge in [-0.05, 0) is 63.6 Å². The summed E-state index contributed by atoms with van der Waals surface area (Å²) in [4.78, 5) is 37.4. The summed E-state index contributed by atoms with van der Waals surface area (Å²) in [6.07, 6.45) is -0.0627. The Labute approximate surface area is 199 Å². The molecule has 170 valence electrons. The lowest BCUT2D eigenvalue weighted by Gasteiger charge is -2.18. The maximum Gasteiger partial charge on any atom is 0.274 e. The van der Waals surface area contributed by atoms with Crippen molar-refractivity contribution in [2.75, 3.05) is 5.32 Å². The fourth-order valence-electron chi connectivity index (χ4n) is 3.04. The van der Waals surface area contributed by atoms with Crippen LogP contribution >= 0.6 is 22.9 Å². The predicted molar refractivity (Wildman–Crippen MR) is 134 cm³/mol. The lowest BCUT2D eigenvalue weighted by atomic mass is 10.1. The SMILES string of the molecule is Cc1ccc2nc(NC(=O)/C(Cc3nc4ccc(Cl)cc4[nH]c3=O)=N\NC(C)(C)C)sc2c1. The van der Waals surface area contributed by atoms with Gasteiger partial charge in [0.2, 0.25) is 0 Å². The molecule has 33 heavy (non-hydrogen) atoms. The average molecular weight is 483 g/mol. The summed E-state index contributed by atoms with van der Waals surface area (Å²) in [7, 11) is 0. The topological polar surface area (TPSA) is 112 Å². The Morgan fingerprint density at radius 1 is 1.15 bits per heavy atom. The monoisotopic (exact) mass is 482 g/mol. The average Bonchev–Trinajstić information content (AvgIpc) is 3.11. The number of thiazole rings is 1. The van der Waals surface area contributed by atoms with E-state index in [-0.39, 0.29) is 23.4 Å². The van der Waals surface area contributed by atoms with Crippen molar-refractivity contribution >= 4 is 60.9 Å². The molecule has 2 heterocycles. The molecule has 4 rings (SSSR count). The number of hydrogen-bond acceptors (Lipinski definition) is 7. The van der Waals surface area contributed by atoms with E-state index in [1.807, 2.05) is 45.9 Å². The van der Waals surface area contributed by atoms with Crippen LogP contribution in [0.4, 0.5) is 5.13 Å². The van der Waals surface area contributed by atoms with Crippen molar-refractivity contribution in [3.63, 3.8) is 0 Å². The Hall–Kier alpha value is -3.30. The van der Waals surface area contributed by atoms with Gasteiger partial charge >= 0.3 is 0 Å². The van der Waals surface area contributed by atoms with E-state index in [0.29, 0.717) is 21.2 Å². The number of benzene rings is 2. The van der Waals surface area contributed by atoms with Crippen molar-refractivity contribution in [1.82, 2.24) is 20.4 Å². The van der Waals surface area contributed by atoms with Crippen LogP contribution in [-0.4, -0.2) is 32.1 Å². The number of H-pyrrole nitrogens is 1. The molecule has 0 spiro atoms. The molecular formula is C23H23ClN6O2S. The molecule has 2 aromatic heterocycles. The number of hydrogen-bond donors (Lipinski definition) is 3. The van der Waals surface area contributed by atoms with Crippen LogP contribution in [0.3, 0.4) is 0 Å². The van der Waals surface area contributed by atoms with Crippen LogP contribution in [0.15, 0.2) is 46.3 Å².